The molecule has 1 aromatic carbocycles. The molecule has 1 aromatic rings. The predicted molar refractivity (Wildman–Crippen MR) is 78.1 cm³/mol. The fourth-order valence-corrected chi connectivity index (χ4v) is 2.94. The SMILES string of the molecule is COc1ccc(OC(F)F)c(CSC2=NOC(C)(C)C2)c1. The van der Waals surface area contributed by atoms with Crippen molar-refractivity contribution in [3.8, 4) is 11.5 Å². The van der Waals surface area contributed by atoms with Gasteiger partial charge >= 0.3 is 6.61 Å². The summed E-state index contributed by atoms with van der Waals surface area (Å²) in [6, 6.07) is 4.76. The van der Waals surface area contributed by atoms with E-state index in [4.69, 9.17) is 9.57 Å². The van der Waals surface area contributed by atoms with Gasteiger partial charge in [-0.05, 0) is 32.0 Å². The highest BCUT2D eigenvalue weighted by Gasteiger charge is 2.29. The van der Waals surface area contributed by atoms with Gasteiger partial charge in [0.2, 0.25) is 0 Å². The van der Waals surface area contributed by atoms with Crippen molar-refractivity contribution in [1.82, 2.24) is 0 Å². The summed E-state index contributed by atoms with van der Waals surface area (Å²) < 4.78 is 34.5. The number of ether oxygens (including phenoxy) is 2. The Morgan fingerprint density at radius 3 is 2.76 bits per heavy atom. The monoisotopic (exact) mass is 317 g/mol. The number of alkyl halides is 2. The summed E-state index contributed by atoms with van der Waals surface area (Å²) in [7, 11) is 1.53. The minimum absolute atomic E-state index is 0.150. The van der Waals surface area contributed by atoms with Crippen LogP contribution in [0.2, 0.25) is 0 Å². The lowest BCUT2D eigenvalue weighted by Gasteiger charge is -2.13. The molecule has 0 atom stereocenters. The number of hydrogen-bond acceptors (Lipinski definition) is 5. The van der Waals surface area contributed by atoms with Crippen LogP contribution in [-0.4, -0.2) is 24.4 Å². The van der Waals surface area contributed by atoms with Crippen LogP contribution in [-0.2, 0) is 10.6 Å². The van der Waals surface area contributed by atoms with Crippen molar-refractivity contribution < 1.29 is 23.1 Å². The number of rotatable bonds is 5. The Bertz CT molecular complexity index is 535. The van der Waals surface area contributed by atoms with Crippen molar-refractivity contribution in [2.75, 3.05) is 7.11 Å². The molecule has 0 saturated heterocycles. The number of halogens is 2. The fourth-order valence-electron chi connectivity index (χ4n) is 1.85. The Kier molecular flexibility index (Phi) is 4.92. The van der Waals surface area contributed by atoms with Crippen molar-refractivity contribution in [3.05, 3.63) is 23.8 Å². The van der Waals surface area contributed by atoms with Crippen LogP contribution in [0.15, 0.2) is 23.4 Å². The van der Waals surface area contributed by atoms with Gasteiger partial charge in [-0.3, -0.25) is 0 Å². The zero-order valence-electron chi connectivity index (χ0n) is 12.1. The third-order valence-electron chi connectivity index (χ3n) is 2.85. The van der Waals surface area contributed by atoms with E-state index in [2.05, 4.69) is 9.89 Å². The van der Waals surface area contributed by atoms with E-state index in [1.54, 1.807) is 12.1 Å². The van der Waals surface area contributed by atoms with Gasteiger partial charge in [0.25, 0.3) is 0 Å². The van der Waals surface area contributed by atoms with Crippen LogP contribution in [0.5, 0.6) is 11.5 Å². The minimum Gasteiger partial charge on any atom is -0.497 e. The Morgan fingerprint density at radius 1 is 1.43 bits per heavy atom. The van der Waals surface area contributed by atoms with Crippen LogP contribution < -0.4 is 9.47 Å². The largest absolute Gasteiger partial charge is 0.497 e. The van der Waals surface area contributed by atoms with E-state index in [1.165, 1.54) is 24.9 Å². The summed E-state index contributed by atoms with van der Waals surface area (Å²) in [6.07, 6.45) is 0.701. The Morgan fingerprint density at radius 2 is 2.19 bits per heavy atom. The highest BCUT2D eigenvalue weighted by molar-refractivity contribution is 8.13. The number of thioether (sulfide) groups is 1. The van der Waals surface area contributed by atoms with Crippen LogP contribution in [0.25, 0.3) is 0 Å². The van der Waals surface area contributed by atoms with Crippen molar-refractivity contribution in [1.29, 1.82) is 0 Å². The van der Waals surface area contributed by atoms with E-state index in [1.807, 2.05) is 13.8 Å². The summed E-state index contributed by atoms with van der Waals surface area (Å²) in [5.74, 6) is 1.20. The first-order valence-corrected chi connectivity index (χ1v) is 7.38. The van der Waals surface area contributed by atoms with Crippen LogP contribution in [0, 0.1) is 0 Å². The summed E-state index contributed by atoms with van der Waals surface area (Å²) >= 11 is 1.44. The van der Waals surface area contributed by atoms with Crippen molar-refractivity contribution >= 4 is 16.8 Å². The van der Waals surface area contributed by atoms with E-state index < -0.39 is 6.61 Å². The molecule has 7 heteroatoms. The molecule has 0 amide bonds. The molecule has 116 valence electrons. The van der Waals surface area contributed by atoms with E-state index in [9.17, 15) is 8.78 Å². The van der Waals surface area contributed by atoms with E-state index in [0.29, 0.717) is 23.5 Å². The van der Waals surface area contributed by atoms with Crippen molar-refractivity contribution in [2.45, 2.75) is 38.2 Å². The molecule has 0 spiro atoms. The first-order chi connectivity index (χ1) is 9.89. The third-order valence-corrected chi connectivity index (χ3v) is 3.86. The van der Waals surface area contributed by atoms with Gasteiger partial charge in [-0.1, -0.05) is 5.16 Å². The van der Waals surface area contributed by atoms with Gasteiger partial charge in [0.15, 0.2) is 0 Å². The molecule has 0 radical (unpaired) electrons. The molecular formula is C14H17F2NO3S. The molecule has 1 aliphatic rings. The first-order valence-electron chi connectivity index (χ1n) is 6.39. The normalized spacial score (nSPS) is 16.6. The highest BCUT2D eigenvalue weighted by atomic mass is 32.2. The Hall–Kier alpha value is -1.50. The first kappa shape index (κ1) is 15.9. The lowest BCUT2D eigenvalue weighted by Crippen LogP contribution is -2.18. The molecular weight excluding hydrogens is 300 g/mol. The number of oxime groups is 1. The Balaban J connectivity index is 2.07. The zero-order valence-corrected chi connectivity index (χ0v) is 12.9. The van der Waals surface area contributed by atoms with Gasteiger partial charge in [0.05, 0.1) is 7.11 Å². The summed E-state index contributed by atoms with van der Waals surface area (Å²) in [5, 5.41) is 4.83. The highest BCUT2D eigenvalue weighted by Crippen LogP contribution is 2.33. The second-order valence-electron chi connectivity index (χ2n) is 5.15. The molecule has 0 saturated carbocycles. The minimum atomic E-state index is -2.85. The van der Waals surface area contributed by atoms with Crippen LogP contribution in [0.3, 0.4) is 0 Å². The molecule has 1 aliphatic heterocycles. The maximum atomic E-state index is 12.4. The lowest BCUT2D eigenvalue weighted by atomic mass is 10.1. The molecule has 0 fully saturated rings. The molecule has 0 N–H and O–H groups in total. The molecule has 0 bridgehead atoms. The van der Waals surface area contributed by atoms with Crippen LogP contribution in [0.1, 0.15) is 25.8 Å². The molecule has 1 heterocycles. The second-order valence-corrected chi connectivity index (χ2v) is 6.20. The topological polar surface area (TPSA) is 40.0 Å². The average molecular weight is 317 g/mol. The maximum absolute atomic E-state index is 12.4. The maximum Gasteiger partial charge on any atom is 0.387 e. The average Bonchev–Trinajstić information content (AvgIpc) is 2.76. The predicted octanol–water partition coefficient (Wildman–Crippen LogP) is 4.04. The lowest BCUT2D eigenvalue weighted by molar-refractivity contribution is -0.0503. The van der Waals surface area contributed by atoms with Crippen molar-refractivity contribution in [2.24, 2.45) is 5.16 Å². The van der Waals surface area contributed by atoms with Gasteiger partial charge in [-0.2, -0.15) is 8.78 Å². The molecule has 2 rings (SSSR count). The van der Waals surface area contributed by atoms with Crippen LogP contribution in [0.4, 0.5) is 8.78 Å². The van der Waals surface area contributed by atoms with Gasteiger partial charge in [-0.25, -0.2) is 0 Å². The smallest absolute Gasteiger partial charge is 0.387 e. The van der Waals surface area contributed by atoms with Crippen molar-refractivity contribution in [3.63, 3.8) is 0 Å². The number of methoxy groups -OCH3 is 1. The molecule has 21 heavy (non-hydrogen) atoms. The molecule has 0 aromatic heterocycles. The van der Waals surface area contributed by atoms with Crippen LogP contribution >= 0.6 is 11.8 Å². The van der Waals surface area contributed by atoms with Gasteiger partial charge in [0.1, 0.15) is 22.1 Å². The number of hydrogen-bond donors (Lipinski definition) is 0. The summed E-state index contributed by atoms with van der Waals surface area (Å²) in [4.78, 5) is 5.27. The zero-order chi connectivity index (χ0) is 15.5. The quantitative estimate of drug-likeness (QED) is 0.821. The summed E-state index contributed by atoms with van der Waals surface area (Å²) in [6.45, 7) is 1.04. The molecule has 4 nitrogen and oxygen atoms in total. The van der Waals surface area contributed by atoms with E-state index >= 15 is 0 Å². The summed E-state index contributed by atoms with van der Waals surface area (Å²) in [5.41, 5.74) is 0.325. The van der Waals surface area contributed by atoms with E-state index in [0.717, 1.165) is 5.04 Å². The second kappa shape index (κ2) is 6.51. The molecule has 0 aliphatic carbocycles. The fraction of sp³-hybridized carbons (Fsp3) is 0.500. The third kappa shape index (κ3) is 4.49. The number of benzene rings is 1. The van der Waals surface area contributed by atoms with Gasteiger partial charge < -0.3 is 14.3 Å². The van der Waals surface area contributed by atoms with Gasteiger partial charge in [0, 0.05) is 17.7 Å². The van der Waals surface area contributed by atoms with Gasteiger partial charge in [-0.15, -0.1) is 11.8 Å². The van der Waals surface area contributed by atoms with E-state index in [-0.39, 0.29) is 11.4 Å². The number of nitrogens with zero attached hydrogens (tertiary/aromatic N) is 1. The standard InChI is InChI=1S/C14H17F2NO3S/c1-14(2)7-12(17-20-14)21-8-9-6-10(18-3)4-5-11(9)19-13(15)16/h4-6,13H,7-8H2,1-3H3. The Labute approximate surface area is 126 Å². The molecule has 0 unspecified atom stereocenters.